The van der Waals surface area contributed by atoms with Gasteiger partial charge in [0.25, 0.3) is 0 Å². The summed E-state index contributed by atoms with van der Waals surface area (Å²) in [6.07, 6.45) is 3.68. The standard InChI is InChI=1S/C16H26N2O/c1-11-8-13(14(19-4)9-12(11)2)15(18-3)16(10-17)6-5-7-16/h8-9,15,18H,5-7,10,17H2,1-4H3. The third-order valence-corrected chi connectivity index (χ3v) is 4.81. The molecule has 19 heavy (non-hydrogen) atoms. The van der Waals surface area contributed by atoms with Crippen molar-refractivity contribution in [2.45, 2.75) is 39.2 Å². The van der Waals surface area contributed by atoms with E-state index in [2.05, 4.69) is 31.3 Å². The third-order valence-electron chi connectivity index (χ3n) is 4.81. The van der Waals surface area contributed by atoms with Crippen molar-refractivity contribution in [1.29, 1.82) is 0 Å². The number of hydrogen-bond donors (Lipinski definition) is 2. The van der Waals surface area contributed by atoms with Crippen LogP contribution in [0.4, 0.5) is 0 Å². The van der Waals surface area contributed by atoms with Gasteiger partial charge in [0.05, 0.1) is 7.11 Å². The van der Waals surface area contributed by atoms with Crippen LogP contribution in [-0.2, 0) is 0 Å². The number of aryl methyl sites for hydroxylation is 2. The van der Waals surface area contributed by atoms with Gasteiger partial charge in [-0.1, -0.05) is 12.5 Å². The van der Waals surface area contributed by atoms with Crippen molar-refractivity contribution in [3.63, 3.8) is 0 Å². The Balaban J connectivity index is 2.45. The molecule has 0 heterocycles. The molecule has 3 N–H and O–H groups in total. The Kier molecular flexibility index (Phi) is 4.16. The van der Waals surface area contributed by atoms with Crippen LogP contribution in [0, 0.1) is 19.3 Å². The van der Waals surface area contributed by atoms with Crippen LogP contribution >= 0.6 is 0 Å². The fraction of sp³-hybridized carbons (Fsp3) is 0.625. The summed E-state index contributed by atoms with van der Waals surface area (Å²) in [4.78, 5) is 0. The first-order valence-electron chi connectivity index (χ1n) is 7.10. The largest absolute Gasteiger partial charge is 0.496 e. The van der Waals surface area contributed by atoms with Gasteiger partial charge in [-0.3, -0.25) is 0 Å². The molecule has 0 aromatic heterocycles. The molecular formula is C16H26N2O. The summed E-state index contributed by atoms with van der Waals surface area (Å²) in [5, 5.41) is 3.47. The van der Waals surface area contributed by atoms with Crippen molar-refractivity contribution in [1.82, 2.24) is 5.32 Å². The van der Waals surface area contributed by atoms with Gasteiger partial charge in [-0.25, -0.2) is 0 Å². The molecule has 1 saturated carbocycles. The Labute approximate surface area is 116 Å². The smallest absolute Gasteiger partial charge is 0.123 e. The van der Waals surface area contributed by atoms with Crippen molar-refractivity contribution in [2.75, 3.05) is 20.7 Å². The van der Waals surface area contributed by atoms with E-state index in [-0.39, 0.29) is 11.5 Å². The zero-order valence-corrected chi connectivity index (χ0v) is 12.5. The molecule has 1 aliphatic carbocycles. The van der Waals surface area contributed by atoms with Crippen LogP contribution in [0.3, 0.4) is 0 Å². The monoisotopic (exact) mass is 262 g/mol. The lowest BCUT2D eigenvalue weighted by molar-refractivity contribution is 0.0865. The lowest BCUT2D eigenvalue weighted by Crippen LogP contribution is -2.47. The highest BCUT2D eigenvalue weighted by Gasteiger charge is 2.44. The van der Waals surface area contributed by atoms with E-state index in [0.29, 0.717) is 0 Å². The molecular weight excluding hydrogens is 236 g/mol. The molecule has 0 radical (unpaired) electrons. The highest BCUT2D eigenvalue weighted by molar-refractivity contribution is 5.44. The second kappa shape index (κ2) is 5.51. The first-order valence-corrected chi connectivity index (χ1v) is 7.10. The van der Waals surface area contributed by atoms with Crippen LogP contribution in [0.1, 0.15) is 42.0 Å². The minimum Gasteiger partial charge on any atom is -0.496 e. The van der Waals surface area contributed by atoms with Gasteiger partial charge in [-0.05, 0) is 57.5 Å². The Bertz CT molecular complexity index is 447. The second-order valence-corrected chi connectivity index (χ2v) is 5.82. The van der Waals surface area contributed by atoms with Crippen molar-refractivity contribution >= 4 is 0 Å². The molecule has 3 heteroatoms. The average molecular weight is 262 g/mol. The third kappa shape index (κ3) is 2.37. The van der Waals surface area contributed by atoms with Gasteiger partial charge in [0.2, 0.25) is 0 Å². The summed E-state index contributed by atoms with van der Waals surface area (Å²) in [7, 11) is 3.77. The van der Waals surface area contributed by atoms with Crippen molar-refractivity contribution < 1.29 is 4.74 Å². The highest BCUT2D eigenvalue weighted by Crippen LogP contribution is 2.51. The molecule has 1 fully saturated rings. The number of methoxy groups -OCH3 is 1. The summed E-state index contributed by atoms with van der Waals surface area (Å²) in [6, 6.07) is 4.67. The Morgan fingerprint density at radius 2 is 1.95 bits per heavy atom. The predicted molar refractivity (Wildman–Crippen MR) is 79.6 cm³/mol. The Morgan fingerprint density at radius 1 is 1.32 bits per heavy atom. The summed E-state index contributed by atoms with van der Waals surface area (Å²) in [5.74, 6) is 0.974. The predicted octanol–water partition coefficient (Wildman–Crippen LogP) is 2.70. The molecule has 3 nitrogen and oxygen atoms in total. The molecule has 2 rings (SSSR count). The van der Waals surface area contributed by atoms with E-state index in [9.17, 15) is 0 Å². The van der Waals surface area contributed by atoms with Gasteiger partial charge in [0, 0.05) is 17.0 Å². The van der Waals surface area contributed by atoms with Crippen LogP contribution in [0.5, 0.6) is 5.75 Å². The second-order valence-electron chi connectivity index (χ2n) is 5.82. The molecule has 0 aliphatic heterocycles. The zero-order valence-electron chi connectivity index (χ0n) is 12.5. The minimum absolute atomic E-state index is 0.198. The number of ether oxygens (including phenoxy) is 1. The van der Waals surface area contributed by atoms with E-state index < -0.39 is 0 Å². The minimum atomic E-state index is 0.198. The van der Waals surface area contributed by atoms with Gasteiger partial charge in [0.15, 0.2) is 0 Å². The van der Waals surface area contributed by atoms with Gasteiger partial charge >= 0.3 is 0 Å². The molecule has 0 bridgehead atoms. The van der Waals surface area contributed by atoms with Crippen LogP contribution in [0.2, 0.25) is 0 Å². The SMILES string of the molecule is CNC(c1cc(C)c(C)cc1OC)C1(CN)CCC1. The molecule has 1 aromatic carbocycles. The van der Waals surface area contributed by atoms with Crippen LogP contribution in [0.15, 0.2) is 12.1 Å². The van der Waals surface area contributed by atoms with E-state index in [1.165, 1.54) is 36.0 Å². The van der Waals surface area contributed by atoms with Crippen LogP contribution in [0.25, 0.3) is 0 Å². The maximum absolute atomic E-state index is 6.06. The van der Waals surface area contributed by atoms with Gasteiger partial charge in [-0.2, -0.15) is 0 Å². The van der Waals surface area contributed by atoms with Gasteiger partial charge in [-0.15, -0.1) is 0 Å². The molecule has 106 valence electrons. The number of benzene rings is 1. The molecule has 0 saturated heterocycles. The first kappa shape index (κ1) is 14.4. The van der Waals surface area contributed by atoms with Gasteiger partial charge in [0.1, 0.15) is 5.75 Å². The average Bonchev–Trinajstić information content (AvgIpc) is 2.36. The van der Waals surface area contributed by atoms with Crippen molar-refractivity contribution in [3.05, 3.63) is 28.8 Å². The normalized spacial score (nSPS) is 18.8. The zero-order chi connectivity index (χ0) is 14.0. The number of nitrogens with two attached hydrogens (primary N) is 1. The summed E-state index contributed by atoms with van der Waals surface area (Å²) in [6.45, 7) is 5.01. The van der Waals surface area contributed by atoms with Crippen LogP contribution in [-0.4, -0.2) is 20.7 Å². The molecule has 0 spiro atoms. The van der Waals surface area contributed by atoms with Crippen molar-refractivity contribution in [3.8, 4) is 5.75 Å². The van der Waals surface area contributed by atoms with E-state index in [0.717, 1.165) is 12.3 Å². The lowest BCUT2D eigenvalue weighted by Gasteiger charge is -2.47. The summed E-state index contributed by atoms with van der Waals surface area (Å²) >= 11 is 0. The van der Waals surface area contributed by atoms with Crippen LogP contribution < -0.4 is 15.8 Å². The van der Waals surface area contributed by atoms with E-state index in [1.54, 1.807) is 7.11 Å². The lowest BCUT2D eigenvalue weighted by atomic mass is 9.62. The fourth-order valence-corrected chi connectivity index (χ4v) is 3.25. The topological polar surface area (TPSA) is 47.3 Å². The van der Waals surface area contributed by atoms with E-state index in [1.807, 2.05) is 7.05 Å². The summed E-state index contributed by atoms with van der Waals surface area (Å²) < 4.78 is 5.59. The highest BCUT2D eigenvalue weighted by atomic mass is 16.5. The molecule has 1 unspecified atom stereocenters. The number of nitrogens with one attached hydrogen (secondary N) is 1. The maximum atomic E-state index is 6.06. The van der Waals surface area contributed by atoms with Crippen molar-refractivity contribution in [2.24, 2.45) is 11.1 Å². The van der Waals surface area contributed by atoms with Gasteiger partial charge < -0.3 is 15.8 Å². The quantitative estimate of drug-likeness (QED) is 0.857. The number of rotatable bonds is 5. The van der Waals surface area contributed by atoms with E-state index in [4.69, 9.17) is 10.5 Å². The maximum Gasteiger partial charge on any atom is 0.123 e. The first-order chi connectivity index (χ1) is 9.07. The molecule has 1 aromatic rings. The number of hydrogen-bond acceptors (Lipinski definition) is 3. The fourth-order valence-electron chi connectivity index (χ4n) is 3.25. The van der Waals surface area contributed by atoms with E-state index >= 15 is 0 Å². The Morgan fingerprint density at radius 3 is 2.37 bits per heavy atom. The summed E-state index contributed by atoms with van der Waals surface area (Å²) in [5.41, 5.74) is 10.1. The molecule has 0 amide bonds. The molecule has 1 aliphatic rings. The molecule has 1 atom stereocenters. The Hall–Kier alpha value is -1.06.